The highest BCUT2D eigenvalue weighted by atomic mass is 19.3. The van der Waals surface area contributed by atoms with E-state index in [9.17, 15) is 23.2 Å². The number of carbonyl (C=O) groups is 3. The number of anilines is 1. The lowest BCUT2D eigenvalue weighted by Crippen LogP contribution is -2.54. The second-order valence-corrected chi connectivity index (χ2v) is 8.31. The Bertz CT molecular complexity index is 1200. The maximum atomic E-state index is 13.7. The first-order valence-corrected chi connectivity index (χ1v) is 10.6. The highest BCUT2D eigenvalue weighted by molar-refractivity contribution is 6.13. The molecular formula is C23H21F2N3O6. The van der Waals surface area contributed by atoms with Gasteiger partial charge in [-0.2, -0.15) is 0 Å². The molecular weight excluding hydrogens is 452 g/mol. The van der Waals surface area contributed by atoms with Gasteiger partial charge in [-0.3, -0.25) is 19.3 Å². The molecule has 0 saturated heterocycles. The highest BCUT2D eigenvalue weighted by Gasteiger charge is 2.48. The van der Waals surface area contributed by atoms with Crippen molar-refractivity contribution in [1.29, 1.82) is 0 Å². The van der Waals surface area contributed by atoms with Crippen molar-refractivity contribution < 1.29 is 37.4 Å². The van der Waals surface area contributed by atoms with E-state index in [0.29, 0.717) is 36.5 Å². The van der Waals surface area contributed by atoms with Crippen molar-refractivity contribution in [2.24, 2.45) is 5.73 Å². The molecule has 5 rings (SSSR count). The maximum absolute atomic E-state index is 13.7. The number of nitrogens with zero attached hydrogens (tertiary/aromatic N) is 2. The van der Waals surface area contributed by atoms with Crippen LogP contribution in [0.3, 0.4) is 0 Å². The van der Waals surface area contributed by atoms with Crippen LogP contribution in [0.1, 0.15) is 38.6 Å². The third kappa shape index (κ3) is 3.43. The third-order valence-corrected chi connectivity index (χ3v) is 6.30. The van der Waals surface area contributed by atoms with E-state index in [1.807, 2.05) is 0 Å². The second kappa shape index (κ2) is 7.94. The van der Waals surface area contributed by atoms with Crippen LogP contribution < -0.4 is 20.1 Å². The number of halogens is 2. The predicted octanol–water partition coefficient (Wildman–Crippen LogP) is 2.10. The van der Waals surface area contributed by atoms with Crippen LogP contribution in [0.5, 0.6) is 11.5 Å². The molecule has 178 valence electrons. The van der Waals surface area contributed by atoms with Gasteiger partial charge in [0.25, 0.3) is 11.8 Å². The molecule has 9 nitrogen and oxygen atoms in total. The number of carbonyl (C=O) groups excluding carboxylic acids is 3. The number of alkyl halides is 2. The van der Waals surface area contributed by atoms with E-state index < -0.39 is 29.9 Å². The highest BCUT2D eigenvalue weighted by Crippen LogP contribution is 2.47. The van der Waals surface area contributed by atoms with Crippen molar-refractivity contribution >= 4 is 23.4 Å². The summed E-state index contributed by atoms with van der Waals surface area (Å²) in [6, 6.07) is 7.77. The predicted molar refractivity (Wildman–Crippen MR) is 114 cm³/mol. The average Bonchev–Trinajstić information content (AvgIpc) is 3.13. The molecule has 0 unspecified atom stereocenters. The SMILES string of the molecule is COCCN1C[C@@H]2C[C@@H](C(N)=O)N(C(=O)c3cccc4c3OC(F)(F)O4)c3cccc(c32)C1=O. The Morgan fingerprint density at radius 3 is 2.71 bits per heavy atom. The number of primary amides is 1. The van der Waals surface area contributed by atoms with Crippen molar-refractivity contribution in [1.82, 2.24) is 4.90 Å². The number of fused-ring (bicyclic) bond motifs is 1. The Morgan fingerprint density at radius 2 is 1.97 bits per heavy atom. The molecule has 0 bridgehead atoms. The Kier molecular flexibility index (Phi) is 5.16. The average molecular weight is 473 g/mol. The molecule has 0 fully saturated rings. The number of rotatable bonds is 5. The summed E-state index contributed by atoms with van der Waals surface area (Å²) in [5, 5.41) is 0. The molecule has 2 aromatic carbocycles. The van der Waals surface area contributed by atoms with E-state index in [1.165, 1.54) is 23.1 Å². The number of methoxy groups -OCH3 is 1. The zero-order valence-electron chi connectivity index (χ0n) is 18.1. The fourth-order valence-electron chi connectivity index (χ4n) is 4.88. The van der Waals surface area contributed by atoms with Gasteiger partial charge in [0, 0.05) is 37.4 Å². The number of amides is 3. The standard InChI is InChI=1S/C23H21F2N3O6/c1-32-9-8-27-11-12-10-16(20(26)29)28(15-6-2-4-13(18(12)15)21(27)30)22(31)14-5-3-7-17-19(14)34-23(24,25)33-17/h2-7,12,16H,8-11H2,1H3,(H2,26,29)/t12-,16-/m0/s1. The molecule has 0 saturated carbocycles. The van der Waals surface area contributed by atoms with Crippen molar-refractivity contribution in [3.05, 3.63) is 53.1 Å². The van der Waals surface area contributed by atoms with Crippen LogP contribution in [0.15, 0.2) is 36.4 Å². The lowest BCUT2D eigenvalue weighted by molar-refractivity contribution is -0.286. The number of benzene rings is 2. The van der Waals surface area contributed by atoms with E-state index in [2.05, 4.69) is 9.47 Å². The molecule has 3 aliphatic heterocycles. The van der Waals surface area contributed by atoms with Gasteiger partial charge in [-0.15, -0.1) is 8.78 Å². The lowest BCUT2D eigenvalue weighted by Gasteiger charge is -2.44. The summed E-state index contributed by atoms with van der Waals surface area (Å²) < 4.78 is 41.5. The van der Waals surface area contributed by atoms with Crippen molar-refractivity contribution in [2.45, 2.75) is 24.7 Å². The summed E-state index contributed by atoms with van der Waals surface area (Å²) in [5.74, 6) is -2.68. The van der Waals surface area contributed by atoms with Crippen molar-refractivity contribution in [3.63, 3.8) is 0 Å². The number of nitrogens with two attached hydrogens (primary N) is 1. The first-order valence-electron chi connectivity index (χ1n) is 10.6. The molecule has 3 amide bonds. The molecule has 0 spiro atoms. The number of hydrogen-bond acceptors (Lipinski definition) is 6. The van der Waals surface area contributed by atoms with E-state index in [4.69, 9.17) is 10.5 Å². The Morgan fingerprint density at radius 1 is 1.21 bits per heavy atom. The second-order valence-electron chi connectivity index (χ2n) is 8.31. The summed E-state index contributed by atoms with van der Waals surface area (Å²) in [7, 11) is 1.54. The van der Waals surface area contributed by atoms with Gasteiger partial charge in [0.15, 0.2) is 11.5 Å². The minimum atomic E-state index is -3.92. The number of hydrogen-bond donors (Lipinski definition) is 1. The fraction of sp³-hybridized carbons (Fsp3) is 0.348. The summed E-state index contributed by atoms with van der Waals surface area (Å²) in [5.41, 5.74) is 6.86. The number of para-hydroxylation sites is 1. The molecule has 2 N–H and O–H groups in total. The molecule has 0 aliphatic carbocycles. The van der Waals surface area contributed by atoms with Gasteiger partial charge in [0.2, 0.25) is 5.91 Å². The fourth-order valence-corrected chi connectivity index (χ4v) is 4.88. The number of ether oxygens (including phenoxy) is 3. The smallest absolute Gasteiger partial charge is 0.395 e. The first-order chi connectivity index (χ1) is 16.2. The Balaban J connectivity index is 1.60. The molecule has 11 heteroatoms. The molecule has 34 heavy (non-hydrogen) atoms. The first kappa shape index (κ1) is 22.1. The molecule has 3 aliphatic rings. The lowest BCUT2D eigenvalue weighted by atomic mass is 9.79. The minimum absolute atomic E-state index is 0.171. The van der Waals surface area contributed by atoms with Crippen LogP contribution in [-0.2, 0) is 9.53 Å². The summed E-state index contributed by atoms with van der Waals surface area (Å²) in [6.07, 6.45) is -3.75. The molecule has 0 radical (unpaired) electrons. The van der Waals surface area contributed by atoms with Gasteiger partial charge < -0.3 is 24.8 Å². The van der Waals surface area contributed by atoms with Gasteiger partial charge >= 0.3 is 6.29 Å². The molecule has 0 aromatic heterocycles. The zero-order valence-corrected chi connectivity index (χ0v) is 18.1. The third-order valence-electron chi connectivity index (χ3n) is 6.30. The minimum Gasteiger partial charge on any atom is -0.395 e. The van der Waals surface area contributed by atoms with Crippen LogP contribution in [-0.4, -0.2) is 61.8 Å². The van der Waals surface area contributed by atoms with Gasteiger partial charge in [0.1, 0.15) is 6.04 Å². The van der Waals surface area contributed by atoms with Crippen LogP contribution >= 0.6 is 0 Å². The van der Waals surface area contributed by atoms with Gasteiger partial charge in [0.05, 0.1) is 12.2 Å². The topological polar surface area (TPSA) is 111 Å². The summed E-state index contributed by atoms with van der Waals surface area (Å²) in [4.78, 5) is 42.1. The largest absolute Gasteiger partial charge is 0.586 e. The summed E-state index contributed by atoms with van der Waals surface area (Å²) in [6.45, 7) is 1.06. The maximum Gasteiger partial charge on any atom is 0.586 e. The zero-order chi connectivity index (χ0) is 24.2. The van der Waals surface area contributed by atoms with Crippen molar-refractivity contribution in [2.75, 3.05) is 31.7 Å². The quantitative estimate of drug-likeness (QED) is 0.712. The Hall–Kier alpha value is -3.73. The van der Waals surface area contributed by atoms with E-state index in [0.717, 1.165) is 0 Å². The molecule has 2 aromatic rings. The molecule has 2 atom stereocenters. The monoisotopic (exact) mass is 473 g/mol. The van der Waals surface area contributed by atoms with Gasteiger partial charge in [-0.1, -0.05) is 12.1 Å². The van der Waals surface area contributed by atoms with Crippen LogP contribution in [0, 0.1) is 0 Å². The normalized spacial score (nSPS) is 21.9. The van der Waals surface area contributed by atoms with Gasteiger partial charge in [-0.25, -0.2) is 0 Å². The Labute approximate surface area is 193 Å². The van der Waals surface area contributed by atoms with Crippen LogP contribution in [0.4, 0.5) is 14.5 Å². The van der Waals surface area contributed by atoms with Crippen LogP contribution in [0.25, 0.3) is 0 Å². The van der Waals surface area contributed by atoms with Crippen molar-refractivity contribution in [3.8, 4) is 11.5 Å². The van der Waals surface area contributed by atoms with E-state index >= 15 is 0 Å². The van der Waals surface area contributed by atoms with E-state index in [1.54, 1.807) is 30.2 Å². The molecule has 3 heterocycles. The van der Waals surface area contributed by atoms with Gasteiger partial charge in [-0.05, 0) is 36.2 Å². The summed E-state index contributed by atoms with van der Waals surface area (Å²) >= 11 is 0. The van der Waals surface area contributed by atoms with Crippen LogP contribution in [0.2, 0.25) is 0 Å². The van der Waals surface area contributed by atoms with E-state index in [-0.39, 0.29) is 29.6 Å².